The van der Waals surface area contributed by atoms with Gasteiger partial charge in [0.05, 0.1) is 18.4 Å². The topological polar surface area (TPSA) is 71.3 Å². The zero-order valence-corrected chi connectivity index (χ0v) is 13.8. The summed E-state index contributed by atoms with van der Waals surface area (Å²) in [7, 11) is 0. The lowest BCUT2D eigenvalue weighted by Crippen LogP contribution is -2.27. The molecular formula is C19H18N4O2. The monoisotopic (exact) mass is 334 g/mol. The summed E-state index contributed by atoms with van der Waals surface area (Å²) < 4.78 is 5.20. The number of rotatable bonds is 4. The van der Waals surface area contributed by atoms with E-state index in [1.807, 2.05) is 18.2 Å². The van der Waals surface area contributed by atoms with Crippen molar-refractivity contribution in [3.8, 4) is 0 Å². The molecule has 4 rings (SSSR count). The van der Waals surface area contributed by atoms with Gasteiger partial charge in [0.2, 0.25) is 5.95 Å². The Morgan fingerprint density at radius 2 is 2.04 bits per heavy atom. The standard InChI is InChI=1S/C19H18N4O2/c1-13-9-14-5-2-3-7-17(14)23(13)19-21-10-15(11-22-19)18(24)20-12-16-6-4-8-25-16/h2-8,10-11,13H,9,12H2,1H3,(H,20,24). The second-order valence-electron chi connectivity index (χ2n) is 6.09. The quantitative estimate of drug-likeness (QED) is 0.794. The van der Waals surface area contributed by atoms with Crippen LogP contribution in [0.5, 0.6) is 0 Å². The maximum atomic E-state index is 12.2. The van der Waals surface area contributed by atoms with Gasteiger partial charge in [-0.15, -0.1) is 0 Å². The van der Waals surface area contributed by atoms with Gasteiger partial charge in [-0.2, -0.15) is 0 Å². The summed E-state index contributed by atoms with van der Waals surface area (Å²) in [6.07, 6.45) is 5.67. The molecule has 6 nitrogen and oxygen atoms in total. The molecule has 0 radical (unpaired) electrons. The Balaban J connectivity index is 1.49. The first kappa shape index (κ1) is 15.4. The fourth-order valence-electron chi connectivity index (χ4n) is 3.12. The van der Waals surface area contributed by atoms with E-state index in [0.717, 1.165) is 12.1 Å². The van der Waals surface area contributed by atoms with E-state index in [4.69, 9.17) is 4.42 Å². The number of para-hydroxylation sites is 1. The molecule has 2 aromatic heterocycles. The minimum Gasteiger partial charge on any atom is -0.467 e. The van der Waals surface area contributed by atoms with Gasteiger partial charge in [0.1, 0.15) is 5.76 Å². The Bertz CT molecular complexity index is 875. The molecular weight excluding hydrogens is 316 g/mol. The highest BCUT2D eigenvalue weighted by atomic mass is 16.3. The molecule has 1 aliphatic heterocycles. The number of anilines is 2. The van der Waals surface area contributed by atoms with Crippen molar-refractivity contribution in [2.45, 2.75) is 25.9 Å². The minimum atomic E-state index is -0.224. The van der Waals surface area contributed by atoms with Gasteiger partial charge in [-0.3, -0.25) is 4.79 Å². The van der Waals surface area contributed by atoms with Gasteiger partial charge in [0, 0.05) is 24.1 Å². The van der Waals surface area contributed by atoms with E-state index in [-0.39, 0.29) is 11.9 Å². The van der Waals surface area contributed by atoms with E-state index in [1.165, 1.54) is 5.56 Å². The zero-order valence-electron chi connectivity index (χ0n) is 13.8. The van der Waals surface area contributed by atoms with Crippen molar-refractivity contribution in [1.82, 2.24) is 15.3 Å². The first-order valence-corrected chi connectivity index (χ1v) is 8.22. The Kier molecular flexibility index (Phi) is 3.93. The Labute approximate surface area is 145 Å². The van der Waals surface area contributed by atoms with Gasteiger partial charge in [0.15, 0.2) is 0 Å². The molecule has 0 fully saturated rings. The molecule has 1 unspecified atom stereocenters. The number of furan rings is 1. The van der Waals surface area contributed by atoms with Crippen LogP contribution in [0.1, 0.15) is 28.6 Å². The van der Waals surface area contributed by atoms with Crippen molar-refractivity contribution in [3.63, 3.8) is 0 Å². The number of aromatic nitrogens is 2. The molecule has 126 valence electrons. The summed E-state index contributed by atoms with van der Waals surface area (Å²) in [4.78, 5) is 23.1. The molecule has 3 aromatic rings. The van der Waals surface area contributed by atoms with Gasteiger partial charge in [-0.05, 0) is 37.1 Å². The van der Waals surface area contributed by atoms with Crippen molar-refractivity contribution >= 4 is 17.5 Å². The van der Waals surface area contributed by atoms with Gasteiger partial charge in [-0.1, -0.05) is 18.2 Å². The van der Waals surface area contributed by atoms with E-state index < -0.39 is 0 Å². The second-order valence-corrected chi connectivity index (χ2v) is 6.09. The number of carbonyl (C=O) groups is 1. The average Bonchev–Trinajstić information content (AvgIpc) is 3.26. The van der Waals surface area contributed by atoms with E-state index in [1.54, 1.807) is 24.7 Å². The third-order valence-electron chi connectivity index (χ3n) is 4.33. The predicted octanol–water partition coefficient (Wildman–Crippen LogP) is 3.08. The molecule has 3 heterocycles. The number of amides is 1. The number of hydrogen-bond donors (Lipinski definition) is 1. The Hall–Kier alpha value is -3.15. The highest BCUT2D eigenvalue weighted by molar-refractivity contribution is 5.93. The maximum Gasteiger partial charge on any atom is 0.254 e. The van der Waals surface area contributed by atoms with Crippen LogP contribution >= 0.6 is 0 Å². The Morgan fingerprint density at radius 1 is 1.24 bits per heavy atom. The highest BCUT2D eigenvalue weighted by Crippen LogP contribution is 2.35. The molecule has 0 saturated heterocycles. The van der Waals surface area contributed by atoms with Gasteiger partial charge >= 0.3 is 0 Å². The van der Waals surface area contributed by atoms with Crippen LogP contribution < -0.4 is 10.2 Å². The third-order valence-corrected chi connectivity index (χ3v) is 4.33. The zero-order chi connectivity index (χ0) is 17.2. The summed E-state index contributed by atoms with van der Waals surface area (Å²) in [6.45, 7) is 2.48. The molecule has 1 aliphatic rings. The van der Waals surface area contributed by atoms with E-state index in [2.05, 4.69) is 39.2 Å². The maximum absolute atomic E-state index is 12.2. The van der Waals surface area contributed by atoms with Crippen molar-refractivity contribution in [3.05, 3.63) is 71.9 Å². The SMILES string of the molecule is CC1Cc2ccccc2N1c1ncc(C(=O)NCc2ccco2)cn1. The lowest BCUT2D eigenvalue weighted by molar-refractivity contribution is 0.0947. The van der Waals surface area contributed by atoms with E-state index in [0.29, 0.717) is 23.8 Å². The molecule has 0 saturated carbocycles. The summed E-state index contributed by atoms with van der Waals surface area (Å²) in [6, 6.07) is 12.1. The fraction of sp³-hybridized carbons (Fsp3) is 0.211. The molecule has 1 aromatic carbocycles. The molecule has 0 bridgehead atoms. The number of benzene rings is 1. The van der Waals surface area contributed by atoms with Crippen molar-refractivity contribution in [1.29, 1.82) is 0 Å². The summed E-state index contributed by atoms with van der Waals surface area (Å²) in [5, 5.41) is 2.79. The van der Waals surface area contributed by atoms with Crippen LogP contribution in [-0.2, 0) is 13.0 Å². The predicted molar refractivity (Wildman–Crippen MR) is 93.7 cm³/mol. The van der Waals surface area contributed by atoms with Crippen LogP contribution in [0.2, 0.25) is 0 Å². The second kappa shape index (κ2) is 6.39. The van der Waals surface area contributed by atoms with Crippen molar-refractivity contribution in [2.24, 2.45) is 0 Å². The van der Waals surface area contributed by atoms with Crippen LogP contribution in [0.4, 0.5) is 11.6 Å². The minimum absolute atomic E-state index is 0.224. The van der Waals surface area contributed by atoms with E-state index >= 15 is 0 Å². The molecule has 1 N–H and O–H groups in total. The summed E-state index contributed by atoms with van der Waals surface area (Å²) >= 11 is 0. The summed E-state index contributed by atoms with van der Waals surface area (Å²) in [5.74, 6) is 1.09. The molecule has 1 atom stereocenters. The first-order valence-electron chi connectivity index (χ1n) is 8.22. The molecule has 25 heavy (non-hydrogen) atoms. The average molecular weight is 334 g/mol. The molecule has 1 amide bonds. The van der Waals surface area contributed by atoms with Crippen LogP contribution in [0, 0.1) is 0 Å². The molecule has 0 aliphatic carbocycles. The largest absolute Gasteiger partial charge is 0.467 e. The molecule has 6 heteroatoms. The lowest BCUT2D eigenvalue weighted by atomic mass is 10.1. The smallest absolute Gasteiger partial charge is 0.254 e. The first-order chi connectivity index (χ1) is 12.2. The van der Waals surface area contributed by atoms with Crippen LogP contribution in [0.25, 0.3) is 0 Å². The normalized spacial score (nSPS) is 15.9. The van der Waals surface area contributed by atoms with Gasteiger partial charge < -0.3 is 14.6 Å². The number of nitrogens with zero attached hydrogens (tertiary/aromatic N) is 3. The van der Waals surface area contributed by atoms with E-state index in [9.17, 15) is 4.79 Å². The third kappa shape index (κ3) is 2.98. The molecule has 0 spiro atoms. The number of nitrogens with one attached hydrogen (secondary N) is 1. The fourth-order valence-corrected chi connectivity index (χ4v) is 3.12. The van der Waals surface area contributed by atoms with Gasteiger partial charge in [-0.25, -0.2) is 9.97 Å². The van der Waals surface area contributed by atoms with Crippen LogP contribution in [-0.4, -0.2) is 21.9 Å². The number of hydrogen-bond acceptors (Lipinski definition) is 5. The van der Waals surface area contributed by atoms with Crippen molar-refractivity contribution in [2.75, 3.05) is 4.90 Å². The van der Waals surface area contributed by atoms with Crippen LogP contribution in [0.15, 0.2) is 59.5 Å². The van der Waals surface area contributed by atoms with Crippen molar-refractivity contribution < 1.29 is 9.21 Å². The Morgan fingerprint density at radius 3 is 2.80 bits per heavy atom. The number of fused-ring (bicyclic) bond motifs is 1. The number of carbonyl (C=O) groups excluding carboxylic acids is 1. The highest BCUT2D eigenvalue weighted by Gasteiger charge is 2.28. The van der Waals surface area contributed by atoms with Crippen LogP contribution in [0.3, 0.4) is 0 Å². The lowest BCUT2D eigenvalue weighted by Gasteiger charge is -2.22. The van der Waals surface area contributed by atoms with Gasteiger partial charge in [0.25, 0.3) is 5.91 Å². The summed E-state index contributed by atoms with van der Waals surface area (Å²) in [5.41, 5.74) is 2.85.